The van der Waals surface area contributed by atoms with E-state index in [1.807, 2.05) is 18.7 Å². The molecule has 1 atom stereocenters. The van der Waals surface area contributed by atoms with Gasteiger partial charge in [-0.2, -0.15) is 0 Å². The molecule has 122 valence electrons. The average Bonchev–Trinajstić information content (AvgIpc) is 3.13. The standard InChI is InChI=1S/C17H20FN3O2/c1-11-16(12(2)23-20-11)15-4-3-9-21(15)17(22)19-10-13-5-7-14(18)8-6-13/h5-8,15H,3-4,9-10H2,1-2H3,(H,19,22). The van der Waals surface area contributed by atoms with Gasteiger partial charge in [0, 0.05) is 18.7 Å². The van der Waals surface area contributed by atoms with Crippen molar-refractivity contribution in [3.8, 4) is 0 Å². The van der Waals surface area contributed by atoms with Crippen molar-refractivity contribution in [2.45, 2.75) is 39.3 Å². The Labute approximate surface area is 134 Å². The van der Waals surface area contributed by atoms with Crippen LogP contribution in [0.2, 0.25) is 0 Å². The second-order valence-corrected chi connectivity index (χ2v) is 5.87. The number of rotatable bonds is 3. The van der Waals surface area contributed by atoms with Crippen LogP contribution in [0.25, 0.3) is 0 Å². The first-order valence-corrected chi connectivity index (χ1v) is 7.78. The molecule has 2 aromatic rings. The Kier molecular flexibility index (Phi) is 4.32. The van der Waals surface area contributed by atoms with E-state index in [1.165, 1.54) is 12.1 Å². The minimum absolute atomic E-state index is 0.00877. The molecule has 0 bridgehead atoms. The number of halogens is 1. The van der Waals surface area contributed by atoms with E-state index in [0.717, 1.165) is 35.4 Å². The lowest BCUT2D eigenvalue weighted by molar-refractivity contribution is 0.192. The highest BCUT2D eigenvalue weighted by atomic mass is 19.1. The van der Waals surface area contributed by atoms with Crippen LogP contribution in [0.5, 0.6) is 0 Å². The van der Waals surface area contributed by atoms with Crippen LogP contribution in [-0.4, -0.2) is 22.6 Å². The van der Waals surface area contributed by atoms with E-state index in [1.54, 1.807) is 12.1 Å². The number of nitrogens with one attached hydrogen (secondary N) is 1. The molecule has 5 nitrogen and oxygen atoms in total. The number of hydrogen-bond donors (Lipinski definition) is 1. The predicted octanol–water partition coefficient (Wildman–Crippen LogP) is 3.48. The minimum atomic E-state index is -0.280. The minimum Gasteiger partial charge on any atom is -0.361 e. The third kappa shape index (κ3) is 3.21. The highest BCUT2D eigenvalue weighted by molar-refractivity contribution is 5.75. The van der Waals surface area contributed by atoms with Crippen LogP contribution in [0.3, 0.4) is 0 Å². The number of likely N-dealkylation sites (tertiary alicyclic amines) is 1. The summed E-state index contributed by atoms with van der Waals surface area (Å²) in [4.78, 5) is 14.3. The zero-order valence-corrected chi connectivity index (χ0v) is 13.3. The van der Waals surface area contributed by atoms with E-state index in [-0.39, 0.29) is 17.9 Å². The molecule has 0 radical (unpaired) electrons. The SMILES string of the molecule is Cc1noc(C)c1C1CCCN1C(=O)NCc1ccc(F)cc1. The molecule has 3 rings (SSSR count). The maximum atomic E-state index is 12.9. The van der Waals surface area contributed by atoms with Gasteiger partial charge in [0.25, 0.3) is 0 Å². The first kappa shape index (κ1) is 15.5. The maximum absolute atomic E-state index is 12.9. The monoisotopic (exact) mass is 317 g/mol. The van der Waals surface area contributed by atoms with Crippen molar-refractivity contribution in [3.63, 3.8) is 0 Å². The van der Waals surface area contributed by atoms with E-state index >= 15 is 0 Å². The van der Waals surface area contributed by atoms with Gasteiger partial charge in [-0.15, -0.1) is 0 Å². The van der Waals surface area contributed by atoms with Crippen molar-refractivity contribution in [2.24, 2.45) is 0 Å². The van der Waals surface area contributed by atoms with E-state index in [2.05, 4.69) is 10.5 Å². The molecular formula is C17H20FN3O2. The van der Waals surface area contributed by atoms with Gasteiger partial charge in [0.2, 0.25) is 0 Å². The quantitative estimate of drug-likeness (QED) is 0.943. The van der Waals surface area contributed by atoms with Crippen LogP contribution in [0, 0.1) is 19.7 Å². The van der Waals surface area contributed by atoms with Crippen molar-refractivity contribution in [1.29, 1.82) is 0 Å². The highest BCUT2D eigenvalue weighted by Crippen LogP contribution is 2.35. The Morgan fingerprint density at radius 3 is 2.78 bits per heavy atom. The molecule has 1 unspecified atom stereocenters. The molecule has 6 heteroatoms. The lowest BCUT2D eigenvalue weighted by atomic mass is 10.0. The Morgan fingerprint density at radius 2 is 2.13 bits per heavy atom. The number of nitrogens with zero attached hydrogens (tertiary/aromatic N) is 2. The highest BCUT2D eigenvalue weighted by Gasteiger charge is 2.33. The molecule has 1 aliphatic rings. The lowest BCUT2D eigenvalue weighted by Gasteiger charge is -2.25. The second-order valence-electron chi connectivity index (χ2n) is 5.87. The van der Waals surface area contributed by atoms with E-state index in [0.29, 0.717) is 13.1 Å². The first-order valence-electron chi connectivity index (χ1n) is 7.78. The van der Waals surface area contributed by atoms with Gasteiger partial charge in [-0.3, -0.25) is 0 Å². The Balaban J connectivity index is 1.67. The third-order valence-electron chi connectivity index (χ3n) is 4.29. The predicted molar refractivity (Wildman–Crippen MR) is 83.3 cm³/mol. The molecule has 0 spiro atoms. The molecule has 23 heavy (non-hydrogen) atoms. The smallest absolute Gasteiger partial charge is 0.318 e. The molecule has 1 aromatic heterocycles. The van der Waals surface area contributed by atoms with Crippen molar-refractivity contribution >= 4 is 6.03 Å². The number of carbonyl (C=O) groups is 1. The fourth-order valence-electron chi connectivity index (χ4n) is 3.16. The Bertz CT molecular complexity index is 677. The number of benzene rings is 1. The fourth-order valence-corrected chi connectivity index (χ4v) is 3.16. The van der Waals surface area contributed by atoms with Crippen molar-refractivity contribution in [2.75, 3.05) is 6.54 Å². The molecule has 1 aromatic carbocycles. The molecule has 2 amide bonds. The van der Waals surface area contributed by atoms with Gasteiger partial charge >= 0.3 is 6.03 Å². The largest absolute Gasteiger partial charge is 0.361 e. The Morgan fingerprint density at radius 1 is 1.39 bits per heavy atom. The van der Waals surface area contributed by atoms with Crippen LogP contribution in [0.1, 0.15) is 41.5 Å². The number of aryl methyl sites for hydroxylation is 2. The summed E-state index contributed by atoms with van der Waals surface area (Å²) in [5, 5.41) is 6.89. The summed E-state index contributed by atoms with van der Waals surface area (Å²) in [6.07, 6.45) is 1.87. The summed E-state index contributed by atoms with van der Waals surface area (Å²) in [5.41, 5.74) is 2.72. The van der Waals surface area contributed by atoms with Crippen LogP contribution < -0.4 is 5.32 Å². The summed E-state index contributed by atoms with van der Waals surface area (Å²) in [6.45, 7) is 4.87. The number of carbonyl (C=O) groups excluding carboxylic acids is 1. The van der Waals surface area contributed by atoms with Crippen LogP contribution in [-0.2, 0) is 6.54 Å². The summed E-state index contributed by atoms with van der Waals surface area (Å²) >= 11 is 0. The van der Waals surface area contributed by atoms with Gasteiger partial charge in [-0.05, 0) is 44.4 Å². The first-order chi connectivity index (χ1) is 11.1. The summed E-state index contributed by atoms with van der Waals surface area (Å²) in [6, 6.07) is 6.02. The van der Waals surface area contributed by atoms with E-state index in [4.69, 9.17) is 4.52 Å². The van der Waals surface area contributed by atoms with Gasteiger partial charge in [0.15, 0.2) is 0 Å². The summed E-state index contributed by atoms with van der Waals surface area (Å²) < 4.78 is 18.1. The van der Waals surface area contributed by atoms with Gasteiger partial charge in [-0.25, -0.2) is 9.18 Å². The van der Waals surface area contributed by atoms with E-state index < -0.39 is 0 Å². The normalized spacial score (nSPS) is 17.5. The summed E-state index contributed by atoms with van der Waals surface area (Å²) in [5.74, 6) is 0.490. The topological polar surface area (TPSA) is 58.4 Å². The Hall–Kier alpha value is -2.37. The molecule has 0 saturated carbocycles. The molecular weight excluding hydrogens is 297 g/mol. The van der Waals surface area contributed by atoms with Crippen molar-refractivity contribution in [3.05, 3.63) is 52.7 Å². The molecule has 2 heterocycles. The summed E-state index contributed by atoms with van der Waals surface area (Å²) in [7, 11) is 0. The lowest BCUT2D eigenvalue weighted by Crippen LogP contribution is -2.39. The van der Waals surface area contributed by atoms with Crippen LogP contribution in [0.4, 0.5) is 9.18 Å². The van der Waals surface area contributed by atoms with Gasteiger partial charge < -0.3 is 14.7 Å². The fraction of sp³-hybridized carbons (Fsp3) is 0.412. The van der Waals surface area contributed by atoms with E-state index in [9.17, 15) is 9.18 Å². The molecule has 1 N–H and O–H groups in total. The molecule has 1 aliphatic heterocycles. The third-order valence-corrected chi connectivity index (χ3v) is 4.29. The molecule has 1 fully saturated rings. The zero-order valence-electron chi connectivity index (χ0n) is 13.3. The van der Waals surface area contributed by atoms with Gasteiger partial charge in [0.05, 0.1) is 11.7 Å². The van der Waals surface area contributed by atoms with Gasteiger partial charge in [-0.1, -0.05) is 17.3 Å². The van der Waals surface area contributed by atoms with Crippen molar-refractivity contribution in [1.82, 2.24) is 15.4 Å². The van der Waals surface area contributed by atoms with Crippen LogP contribution >= 0.6 is 0 Å². The number of aromatic nitrogens is 1. The number of amides is 2. The van der Waals surface area contributed by atoms with Gasteiger partial charge in [0.1, 0.15) is 11.6 Å². The molecule has 1 saturated heterocycles. The van der Waals surface area contributed by atoms with Crippen LogP contribution in [0.15, 0.2) is 28.8 Å². The van der Waals surface area contributed by atoms with Crippen molar-refractivity contribution < 1.29 is 13.7 Å². The maximum Gasteiger partial charge on any atom is 0.318 e. The average molecular weight is 317 g/mol. The zero-order chi connectivity index (χ0) is 16.4. The molecule has 0 aliphatic carbocycles. The number of urea groups is 1. The number of hydrogen-bond acceptors (Lipinski definition) is 3. The second kappa shape index (κ2) is 6.40.